The monoisotopic (exact) mass is 586 g/mol. The van der Waals surface area contributed by atoms with E-state index in [1.165, 1.54) is 0 Å². The van der Waals surface area contributed by atoms with Crippen LogP contribution >= 0.6 is 0 Å². The molecule has 2 aliphatic rings. The predicted molar refractivity (Wildman–Crippen MR) is 164 cm³/mol. The second kappa shape index (κ2) is 17.7. The fourth-order valence-electron chi connectivity index (χ4n) is 5.69. The SMILES string of the molecule is CCC[C@H](O)CO[C@@H]1CNC[C@H](OCc2ccc3c(c2)N(CCCOC)CCO3)[C@H]1c1ccc(OCCCOC)cc1. The molecule has 0 bridgehead atoms. The van der Waals surface area contributed by atoms with Gasteiger partial charge in [-0.1, -0.05) is 31.5 Å². The molecule has 0 saturated carbocycles. The number of hydrogen-bond acceptors (Lipinski definition) is 9. The number of methoxy groups -OCH3 is 2. The van der Waals surface area contributed by atoms with Gasteiger partial charge in [-0.25, -0.2) is 0 Å². The molecule has 0 radical (unpaired) electrons. The molecule has 0 amide bonds. The average molecular weight is 587 g/mol. The second-order valence-corrected chi connectivity index (χ2v) is 11.1. The number of aliphatic hydroxyl groups is 1. The van der Waals surface area contributed by atoms with Crippen LogP contribution in [-0.4, -0.2) is 96.9 Å². The Kier molecular flexibility index (Phi) is 13.7. The van der Waals surface area contributed by atoms with Crippen LogP contribution in [0.15, 0.2) is 42.5 Å². The third kappa shape index (κ3) is 9.56. The van der Waals surface area contributed by atoms with Crippen molar-refractivity contribution in [3.05, 3.63) is 53.6 Å². The Hall–Kier alpha value is -2.40. The highest BCUT2D eigenvalue weighted by atomic mass is 16.5. The van der Waals surface area contributed by atoms with E-state index in [0.717, 1.165) is 73.7 Å². The normalized spacial score (nSPS) is 21.0. The molecule has 2 N–H and O–H groups in total. The fraction of sp³-hybridized carbons (Fsp3) is 0.636. The summed E-state index contributed by atoms with van der Waals surface area (Å²) in [6.07, 6.45) is 2.76. The molecule has 9 nitrogen and oxygen atoms in total. The lowest BCUT2D eigenvalue weighted by Crippen LogP contribution is -2.51. The number of nitrogens with one attached hydrogen (secondary N) is 1. The molecule has 2 aromatic rings. The molecular weight excluding hydrogens is 536 g/mol. The Morgan fingerprint density at radius 1 is 0.976 bits per heavy atom. The average Bonchev–Trinajstić information content (AvgIpc) is 3.02. The van der Waals surface area contributed by atoms with Crippen molar-refractivity contribution in [2.45, 2.75) is 63.4 Å². The van der Waals surface area contributed by atoms with Crippen LogP contribution in [0.5, 0.6) is 11.5 Å². The van der Waals surface area contributed by atoms with E-state index in [4.69, 9.17) is 28.4 Å². The smallest absolute Gasteiger partial charge is 0.142 e. The zero-order valence-electron chi connectivity index (χ0n) is 25.6. The molecule has 2 aliphatic heterocycles. The molecule has 2 heterocycles. The minimum absolute atomic E-state index is 0.00845. The van der Waals surface area contributed by atoms with Crippen molar-refractivity contribution in [2.24, 2.45) is 0 Å². The lowest BCUT2D eigenvalue weighted by molar-refractivity contribution is -0.0783. The number of aliphatic hydroxyl groups excluding tert-OH is 1. The Morgan fingerprint density at radius 3 is 2.50 bits per heavy atom. The number of piperidine rings is 1. The molecule has 1 fully saturated rings. The fourth-order valence-corrected chi connectivity index (χ4v) is 5.69. The zero-order valence-corrected chi connectivity index (χ0v) is 25.6. The van der Waals surface area contributed by atoms with Gasteiger partial charge < -0.3 is 43.7 Å². The number of nitrogens with zero attached hydrogens (tertiary/aromatic N) is 1. The first-order valence-corrected chi connectivity index (χ1v) is 15.5. The van der Waals surface area contributed by atoms with Crippen molar-refractivity contribution in [1.82, 2.24) is 5.32 Å². The van der Waals surface area contributed by atoms with Gasteiger partial charge in [0, 0.05) is 59.4 Å². The Balaban J connectivity index is 1.46. The van der Waals surface area contributed by atoms with Crippen LogP contribution in [0.2, 0.25) is 0 Å². The van der Waals surface area contributed by atoms with Crippen LogP contribution in [0, 0.1) is 0 Å². The van der Waals surface area contributed by atoms with Gasteiger partial charge in [-0.3, -0.25) is 0 Å². The van der Waals surface area contributed by atoms with Crippen molar-refractivity contribution < 1.29 is 33.5 Å². The minimum atomic E-state index is -0.468. The first-order chi connectivity index (χ1) is 20.6. The lowest BCUT2D eigenvalue weighted by atomic mass is 9.85. The summed E-state index contributed by atoms with van der Waals surface area (Å²) in [5.74, 6) is 1.76. The number of rotatable bonds is 18. The van der Waals surface area contributed by atoms with Crippen LogP contribution in [0.25, 0.3) is 0 Å². The summed E-state index contributed by atoms with van der Waals surface area (Å²) in [7, 11) is 3.44. The predicted octanol–water partition coefficient (Wildman–Crippen LogP) is 4.16. The van der Waals surface area contributed by atoms with E-state index < -0.39 is 6.10 Å². The molecule has 4 rings (SSSR count). The number of ether oxygens (including phenoxy) is 6. The van der Waals surface area contributed by atoms with Gasteiger partial charge in [-0.2, -0.15) is 0 Å². The number of fused-ring (bicyclic) bond motifs is 1. The van der Waals surface area contributed by atoms with Crippen molar-refractivity contribution in [1.29, 1.82) is 0 Å². The topological polar surface area (TPSA) is 90.9 Å². The summed E-state index contributed by atoms with van der Waals surface area (Å²) in [6.45, 7) is 8.80. The van der Waals surface area contributed by atoms with Gasteiger partial charge in [0.1, 0.15) is 18.1 Å². The third-order valence-corrected chi connectivity index (χ3v) is 7.87. The summed E-state index contributed by atoms with van der Waals surface area (Å²) in [5, 5.41) is 13.9. The van der Waals surface area contributed by atoms with Gasteiger partial charge in [-0.05, 0) is 48.2 Å². The summed E-state index contributed by atoms with van der Waals surface area (Å²) >= 11 is 0. The maximum atomic E-state index is 10.4. The lowest BCUT2D eigenvalue weighted by Gasteiger charge is -2.39. The molecule has 1 saturated heterocycles. The summed E-state index contributed by atoms with van der Waals surface area (Å²) in [4.78, 5) is 2.37. The van der Waals surface area contributed by atoms with Crippen LogP contribution < -0.4 is 19.7 Å². The summed E-state index contributed by atoms with van der Waals surface area (Å²) in [6, 6.07) is 14.6. The van der Waals surface area contributed by atoms with Crippen LogP contribution in [-0.2, 0) is 25.6 Å². The molecule has 0 spiro atoms. The van der Waals surface area contributed by atoms with Gasteiger partial charge in [-0.15, -0.1) is 0 Å². The van der Waals surface area contributed by atoms with Gasteiger partial charge in [0.15, 0.2) is 0 Å². The molecule has 0 aromatic heterocycles. The second-order valence-electron chi connectivity index (χ2n) is 11.1. The highest BCUT2D eigenvalue weighted by Gasteiger charge is 2.36. The number of hydrogen-bond donors (Lipinski definition) is 2. The standard InChI is InChI=1S/C33H50N2O7/c1-4-7-27(36)24-42-32-22-34-21-31(33(32)26-9-11-28(12-10-26)39-18-6-17-38-3)41-23-25-8-13-30-29(20-25)35(15-19-40-30)14-5-16-37-2/h8-13,20,27,31-34,36H,4-7,14-19,21-24H2,1-3H3/t27-,31-,32+,33+/m0/s1. The van der Waals surface area contributed by atoms with E-state index in [2.05, 4.69) is 47.5 Å². The van der Waals surface area contributed by atoms with E-state index in [9.17, 15) is 5.11 Å². The molecule has 0 aliphatic carbocycles. The molecule has 0 unspecified atom stereocenters. The van der Waals surface area contributed by atoms with E-state index in [-0.39, 0.29) is 18.1 Å². The van der Waals surface area contributed by atoms with Gasteiger partial charge in [0.05, 0.1) is 50.4 Å². The van der Waals surface area contributed by atoms with Crippen molar-refractivity contribution in [2.75, 3.05) is 78.3 Å². The van der Waals surface area contributed by atoms with Gasteiger partial charge in [0.2, 0.25) is 0 Å². The van der Waals surface area contributed by atoms with Crippen LogP contribution in [0.4, 0.5) is 5.69 Å². The summed E-state index contributed by atoms with van der Waals surface area (Å²) < 4.78 is 35.2. The maximum Gasteiger partial charge on any atom is 0.142 e. The highest BCUT2D eigenvalue weighted by Crippen LogP contribution is 2.35. The minimum Gasteiger partial charge on any atom is -0.494 e. The number of benzene rings is 2. The molecule has 9 heteroatoms. The first kappa shape index (κ1) is 32.5. The molecule has 234 valence electrons. The van der Waals surface area contributed by atoms with E-state index in [0.29, 0.717) is 46.1 Å². The Bertz CT molecular complexity index is 1040. The van der Waals surface area contributed by atoms with E-state index >= 15 is 0 Å². The van der Waals surface area contributed by atoms with Crippen molar-refractivity contribution in [3.63, 3.8) is 0 Å². The highest BCUT2D eigenvalue weighted by molar-refractivity contribution is 5.61. The van der Waals surface area contributed by atoms with Crippen LogP contribution in [0.3, 0.4) is 0 Å². The first-order valence-electron chi connectivity index (χ1n) is 15.5. The van der Waals surface area contributed by atoms with Crippen molar-refractivity contribution in [3.8, 4) is 11.5 Å². The maximum absolute atomic E-state index is 10.4. The Labute approximate surface area is 251 Å². The van der Waals surface area contributed by atoms with Crippen molar-refractivity contribution >= 4 is 5.69 Å². The molecule has 4 atom stereocenters. The molecule has 2 aromatic carbocycles. The number of anilines is 1. The molecule has 42 heavy (non-hydrogen) atoms. The summed E-state index contributed by atoms with van der Waals surface area (Å²) in [5.41, 5.74) is 3.36. The molecular formula is C33H50N2O7. The van der Waals surface area contributed by atoms with Gasteiger partial charge >= 0.3 is 0 Å². The van der Waals surface area contributed by atoms with E-state index in [1.807, 2.05) is 12.1 Å². The quantitative estimate of drug-likeness (QED) is 0.250. The van der Waals surface area contributed by atoms with Gasteiger partial charge in [0.25, 0.3) is 0 Å². The van der Waals surface area contributed by atoms with E-state index in [1.54, 1.807) is 14.2 Å². The third-order valence-electron chi connectivity index (χ3n) is 7.87. The zero-order chi connectivity index (χ0) is 29.6. The largest absolute Gasteiger partial charge is 0.494 e. The van der Waals surface area contributed by atoms with Crippen LogP contribution in [0.1, 0.15) is 49.7 Å². The Morgan fingerprint density at radius 2 is 1.74 bits per heavy atom.